The SMILES string of the molecule is O=C(Cl)N1CCN(c2cccnc2)C1=O. The van der Waals surface area contributed by atoms with E-state index in [9.17, 15) is 9.59 Å². The Morgan fingerprint density at radius 3 is 2.80 bits per heavy atom. The van der Waals surface area contributed by atoms with E-state index in [1.54, 1.807) is 24.5 Å². The lowest BCUT2D eigenvalue weighted by Crippen LogP contribution is -2.33. The van der Waals surface area contributed by atoms with Crippen molar-refractivity contribution in [1.29, 1.82) is 0 Å². The van der Waals surface area contributed by atoms with Gasteiger partial charge in [0.15, 0.2) is 0 Å². The van der Waals surface area contributed by atoms with Gasteiger partial charge in [0, 0.05) is 19.3 Å². The first kappa shape index (κ1) is 9.92. The zero-order valence-corrected chi connectivity index (χ0v) is 8.52. The first-order valence-electron chi connectivity index (χ1n) is 4.38. The molecule has 1 aliphatic heterocycles. The summed E-state index contributed by atoms with van der Waals surface area (Å²) in [5, 5.41) is -0.744. The van der Waals surface area contributed by atoms with E-state index >= 15 is 0 Å². The van der Waals surface area contributed by atoms with Crippen molar-refractivity contribution in [2.24, 2.45) is 0 Å². The number of imide groups is 1. The predicted molar refractivity (Wildman–Crippen MR) is 54.9 cm³/mol. The average Bonchev–Trinajstić information content (AvgIpc) is 2.61. The summed E-state index contributed by atoms with van der Waals surface area (Å²) >= 11 is 5.26. The van der Waals surface area contributed by atoms with E-state index in [-0.39, 0.29) is 0 Å². The summed E-state index contributed by atoms with van der Waals surface area (Å²) in [5.74, 6) is 0. The number of halogens is 1. The second-order valence-corrected chi connectivity index (χ2v) is 3.37. The molecule has 0 aliphatic carbocycles. The summed E-state index contributed by atoms with van der Waals surface area (Å²) in [4.78, 5) is 28.9. The average molecular weight is 226 g/mol. The van der Waals surface area contributed by atoms with Crippen molar-refractivity contribution in [3.63, 3.8) is 0 Å². The number of rotatable bonds is 1. The van der Waals surface area contributed by atoms with Crippen LogP contribution >= 0.6 is 11.6 Å². The van der Waals surface area contributed by atoms with E-state index in [2.05, 4.69) is 4.98 Å². The van der Waals surface area contributed by atoms with E-state index in [0.29, 0.717) is 18.8 Å². The Hall–Kier alpha value is -1.62. The maximum atomic E-state index is 11.7. The number of hydrogen-bond acceptors (Lipinski definition) is 3. The highest BCUT2D eigenvalue weighted by Gasteiger charge is 2.33. The van der Waals surface area contributed by atoms with Crippen molar-refractivity contribution in [2.75, 3.05) is 18.0 Å². The number of carbonyl (C=O) groups is 2. The molecule has 1 aromatic heterocycles. The molecule has 1 fully saturated rings. The molecule has 5 nitrogen and oxygen atoms in total. The zero-order valence-electron chi connectivity index (χ0n) is 7.76. The Labute approximate surface area is 91.3 Å². The molecule has 0 unspecified atom stereocenters. The van der Waals surface area contributed by atoms with Crippen LogP contribution < -0.4 is 4.90 Å². The largest absolute Gasteiger partial charge is 0.332 e. The minimum atomic E-state index is -0.744. The summed E-state index contributed by atoms with van der Waals surface area (Å²) in [6.45, 7) is 0.763. The smallest absolute Gasteiger partial charge is 0.291 e. The predicted octanol–water partition coefficient (Wildman–Crippen LogP) is 1.68. The number of amides is 3. The normalized spacial score (nSPS) is 15.9. The molecule has 1 aromatic rings. The summed E-state index contributed by atoms with van der Waals surface area (Å²) in [7, 11) is 0. The molecule has 0 spiro atoms. The summed E-state index contributed by atoms with van der Waals surface area (Å²) in [6, 6.07) is 3.09. The maximum Gasteiger partial charge on any atom is 0.332 e. The molecule has 0 bridgehead atoms. The van der Waals surface area contributed by atoms with Crippen LogP contribution in [0.2, 0.25) is 0 Å². The third kappa shape index (κ3) is 1.78. The highest BCUT2D eigenvalue weighted by Crippen LogP contribution is 2.19. The van der Waals surface area contributed by atoms with Crippen LogP contribution in [0.3, 0.4) is 0 Å². The second kappa shape index (κ2) is 3.86. The van der Waals surface area contributed by atoms with Crippen molar-refractivity contribution in [3.05, 3.63) is 24.5 Å². The van der Waals surface area contributed by atoms with E-state index in [1.807, 2.05) is 0 Å². The molecular weight excluding hydrogens is 218 g/mol. The fourth-order valence-electron chi connectivity index (χ4n) is 1.45. The Morgan fingerprint density at radius 2 is 2.27 bits per heavy atom. The standard InChI is InChI=1S/C9H8ClN3O2/c10-8(14)13-5-4-12(9(13)15)7-2-1-3-11-6-7/h1-3,6H,4-5H2. The molecule has 0 atom stereocenters. The molecule has 2 rings (SSSR count). The fourth-order valence-corrected chi connectivity index (χ4v) is 1.61. The van der Waals surface area contributed by atoms with Gasteiger partial charge in [-0.2, -0.15) is 0 Å². The molecule has 6 heteroatoms. The van der Waals surface area contributed by atoms with Gasteiger partial charge in [0.25, 0.3) is 0 Å². The molecule has 2 heterocycles. The van der Waals surface area contributed by atoms with Crippen LogP contribution in [0.5, 0.6) is 0 Å². The van der Waals surface area contributed by atoms with Crippen LogP contribution in [0.15, 0.2) is 24.5 Å². The van der Waals surface area contributed by atoms with E-state index in [4.69, 9.17) is 11.6 Å². The van der Waals surface area contributed by atoms with Crippen LogP contribution in [0, 0.1) is 0 Å². The molecular formula is C9H8ClN3O2. The Balaban J connectivity index is 2.21. The Morgan fingerprint density at radius 1 is 1.47 bits per heavy atom. The van der Waals surface area contributed by atoms with Crippen molar-refractivity contribution < 1.29 is 9.59 Å². The molecule has 1 saturated heterocycles. The highest BCUT2D eigenvalue weighted by atomic mass is 35.5. The van der Waals surface area contributed by atoms with Gasteiger partial charge in [0.1, 0.15) is 0 Å². The van der Waals surface area contributed by atoms with Gasteiger partial charge in [0.05, 0.1) is 11.9 Å². The van der Waals surface area contributed by atoms with Gasteiger partial charge in [-0.15, -0.1) is 0 Å². The monoisotopic (exact) mass is 225 g/mol. The molecule has 78 valence electrons. The topological polar surface area (TPSA) is 53.5 Å². The Kier molecular flexibility index (Phi) is 2.55. The highest BCUT2D eigenvalue weighted by molar-refractivity contribution is 6.64. The molecule has 0 N–H and O–H groups in total. The van der Waals surface area contributed by atoms with E-state index in [0.717, 1.165) is 4.90 Å². The molecule has 0 aromatic carbocycles. The molecule has 1 aliphatic rings. The number of aromatic nitrogens is 1. The third-order valence-corrected chi connectivity index (χ3v) is 2.38. The summed E-state index contributed by atoms with van der Waals surface area (Å²) in [5.41, 5.74) is 0.669. The summed E-state index contributed by atoms with van der Waals surface area (Å²) in [6.07, 6.45) is 3.19. The van der Waals surface area contributed by atoms with Gasteiger partial charge in [-0.05, 0) is 23.7 Å². The lowest BCUT2D eigenvalue weighted by atomic mass is 10.4. The zero-order chi connectivity index (χ0) is 10.8. The molecule has 3 amide bonds. The van der Waals surface area contributed by atoms with E-state index < -0.39 is 11.4 Å². The number of pyridine rings is 1. The molecule has 15 heavy (non-hydrogen) atoms. The number of urea groups is 1. The molecule has 0 radical (unpaired) electrons. The lowest BCUT2D eigenvalue weighted by Gasteiger charge is -2.15. The van der Waals surface area contributed by atoms with E-state index in [1.165, 1.54) is 4.90 Å². The quantitative estimate of drug-likeness (QED) is 0.540. The van der Waals surface area contributed by atoms with Crippen LogP contribution in [0.4, 0.5) is 15.3 Å². The van der Waals surface area contributed by atoms with Crippen molar-refractivity contribution >= 4 is 28.7 Å². The van der Waals surface area contributed by atoms with Gasteiger partial charge in [-0.3, -0.25) is 14.7 Å². The van der Waals surface area contributed by atoms with Gasteiger partial charge >= 0.3 is 11.4 Å². The number of carbonyl (C=O) groups excluding carboxylic acids is 2. The van der Waals surface area contributed by atoms with Gasteiger partial charge in [-0.25, -0.2) is 9.69 Å². The van der Waals surface area contributed by atoms with Crippen LogP contribution in [-0.2, 0) is 0 Å². The summed E-state index contributed by atoms with van der Waals surface area (Å²) < 4.78 is 0. The first-order chi connectivity index (χ1) is 7.20. The molecule has 0 saturated carbocycles. The second-order valence-electron chi connectivity index (χ2n) is 3.05. The lowest BCUT2D eigenvalue weighted by molar-refractivity contribution is 0.215. The fraction of sp³-hybridized carbons (Fsp3) is 0.222. The van der Waals surface area contributed by atoms with Crippen LogP contribution in [0.1, 0.15) is 0 Å². The third-order valence-electron chi connectivity index (χ3n) is 2.18. The van der Waals surface area contributed by atoms with Crippen molar-refractivity contribution in [3.8, 4) is 0 Å². The maximum absolute atomic E-state index is 11.7. The number of anilines is 1. The van der Waals surface area contributed by atoms with Gasteiger partial charge in [0.2, 0.25) is 0 Å². The van der Waals surface area contributed by atoms with Crippen LogP contribution in [-0.4, -0.2) is 34.4 Å². The number of hydrogen-bond donors (Lipinski definition) is 0. The number of nitrogens with zero attached hydrogens (tertiary/aromatic N) is 3. The minimum Gasteiger partial charge on any atom is -0.291 e. The van der Waals surface area contributed by atoms with Crippen molar-refractivity contribution in [1.82, 2.24) is 9.88 Å². The van der Waals surface area contributed by atoms with Crippen LogP contribution in [0.25, 0.3) is 0 Å². The minimum absolute atomic E-state index is 0.316. The first-order valence-corrected chi connectivity index (χ1v) is 4.76. The Bertz CT molecular complexity index is 396. The van der Waals surface area contributed by atoms with Crippen molar-refractivity contribution in [2.45, 2.75) is 0 Å². The van der Waals surface area contributed by atoms with Gasteiger partial charge in [-0.1, -0.05) is 0 Å². The van der Waals surface area contributed by atoms with Gasteiger partial charge < -0.3 is 0 Å².